The van der Waals surface area contributed by atoms with Crippen LogP contribution in [0.3, 0.4) is 0 Å². The second kappa shape index (κ2) is 6.96. The van der Waals surface area contributed by atoms with Crippen molar-refractivity contribution in [2.75, 3.05) is 5.75 Å². The van der Waals surface area contributed by atoms with E-state index in [1.807, 2.05) is 33.7 Å². The molecule has 19 heavy (non-hydrogen) atoms. The lowest BCUT2D eigenvalue weighted by atomic mass is 9.95. The molecule has 0 fully saturated rings. The van der Waals surface area contributed by atoms with E-state index in [0.717, 1.165) is 23.6 Å². The summed E-state index contributed by atoms with van der Waals surface area (Å²) in [6.07, 6.45) is 15.8. The Morgan fingerprint density at radius 1 is 1.26 bits per heavy atom. The molecule has 2 aliphatic carbocycles. The van der Waals surface area contributed by atoms with Crippen LogP contribution in [-0.2, 0) is 0 Å². The minimum absolute atomic E-state index is 0.475. The Bertz CT molecular complexity index is 473. The van der Waals surface area contributed by atoms with E-state index >= 15 is 0 Å². The molecule has 2 nitrogen and oxygen atoms in total. The number of hydrogen-bond acceptors (Lipinski definition) is 4. The summed E-state index contributed by atoms with van der Waals surface area (Å²) in [5.41, 5.74) is 14.6. The molecule has 0 amide bonds. The summed E-state index contributed by atoms with van der Waals surface area (Å²) in [4.78, 5) is 0. The van der Waals surface area contributed by atoms with Crippen molar-refractivity contribution in [1.29, 1.82) is 0 Å². The van der Waals surface area contributed by atoms with Crippen molar-refractivity contribution in [2.45, 2.75) is 18.6 Å². The van der Waals surface area contributed by atoms with Crippen molar-refractivity contribution in [3.63, 3.8) is 0 Å². The van der Waals surface area contributed by atoms with Gasteiger partial charge in [0.1, 0.15) is 0 Å². The maximum Gasteiger partial charge on any atom is 0.0370 e. The van der Waals surface area contributed by atoms with Crippen LogP contribution in [0, 0.1) is 5.92 Å². The number of hydrogen-bond donors (Lipinski definition) is 2. The molecule has 0 spiro atoms. The van der Waals surface area contributed by atoms with E-state index in [9.17, 15) is 0 Å². The number of rotatable bonds is 4. The van der Waals surface area contributed by atoms with E-state index in [1.165, 1.54) is 5.57 Å². The first-order chi connectivity index (χ1) is 9.19. The molecule has 0 saturated heterocycles. The van der Waals surface area contributed by atoms with Crippen LogP contribution in [0.2, 0.25) is 0 Å². The Balaban J connectivity index is 1.78. The van der Waals surface area contributed by atoms with Crippen LogP contribution >= 0.6 is 21.6 Å². The molecule has 2 rings (SSSR count). The molecule has 2 unspecified atom stereocenters. The fourth-order valence-corrected chi connectivity index (χ4v) is 4.67. The molecule has 4 heteroatoms. The van der Waals surface area contributed by atoms with Crippen molar-refractivity contribution in [1.82, 2.24) is 0 Å². The Morgan fingerprint density at radius 2 is 2.05 bits per heavy atom. The van der Waals surface area contributed by atoms with Gasteiger partial charge in [-0.1, -0.05) is 45.9 Å². The standard InChI is InChI=1S/C15H20N2S2/c1-2-11-9-14(17)4-3-12(11)10-18-19-15-7-5-13(16)6-8-15/h2-7,9,12,15H,8,10,16-17H2,1H3/b11-2+. The summed E-state index contributed by atoms with van der Waals surface area (Å²) in [6, 6.07) is 0. The first kappa shape index (κ1) is 14.4. The normalized spacial score (nSPS) is 28.4. The fraction of sp³-hybridized carbons (Fsp3) is 0.333. The van der Waals surface area contributed by atoms with Crippen LogP contribution in [-0.4, -0.2) is 11.0 Å². The molecule has 0 heterocycles. The molecule has 0 aromatic heterocycles. The maximum atomic E-state index is 5.82. The summed E-state index contributed by atoms with van der Waals surface area (Å²) in [7, 11) is 3.84. The van der Waals surface area contributed by atoms with Crippen LogP contribution in [0.15, 0.2) is 59.5 Å². The summed E-state index contributed by atoms with van der Waals surface area (Å²) in [6.45, 7) is 2.07. The van der Waals surface area contributed by atoms with Crippen LogP contribution in [0.5, 0.6) is 0 Å². The molecule has 0 aliphatic heterocycles. The molecule has 4 N–H and O–H groups in total. The predicted octanol–water partition coefficient (Wildman–Crippen LogP) is 3.51. The van der Waals surface area contributed by atoms with Crippen molar-refractivity contribution < 1.29 is 0 Å². The molecular formula is C15H20N2S2. The van der Waals surface area contributed by atoms with Gasteiger partial charge in [0.15, 0.2) is 0 Å². The predicted molar refractivity (Wildman–Crippen MR) is 88.5 cm³/mol. The molecule has 0 bridgehead atoms. The molecule has 0 aromatic rings. The average Bonchev–Trinajstić information content (AvgIpc) is 2.42. The van der Waals surface area contributed by atoms with Crippen molar-refractivity contribution >= 4 is 21.6 Å². The molecule has 2 atom stereocenters. The third-order valence-corrected chi connectivity index (χ3v) is 5.93. The van der Waals surface area contributed by atoms with Crippen molar-refractivity contribution in [3.05, 3.63) is 59.5 Å². The third kappa shape index (κ3) is 4.25. The Kier molecular flexibility index (Phi) is 5.28. The minimum atomic E-state index is 0.475. The van der Waals surface area contributed by atoms with Crippen molar-refractivity contribution in [2.24, 2.45) is 17.4 Å². The van der Waals surface area contributed by atoms with E-state index in [1.54, 1.807) is 0 Å². The maximum absolute atomic E-state index is 5.82. The first-order valence-electron chi connectivity index (χ1n) is 6.42. The highest BCUT2D eigenvalue weighted by Crippen LogP contribution is 2.35. The summed E-state index contributed by atoms with van der Waals surface area (Å²) in [5, 5.41) is 0.541. The highest BCUT2D eigenvalue weighted by molar-refractivity contribution is 8.77. The molecule has 0 saturated carbocycles. The Morgan fingerprint density at radius 3 is 2.74 bits per heavy atom. The second-order valence-electron chi connectivity index (χ2n) is 4.62. The van der Waals surface area contributed by atoms with Gasteiger partial charge in [-0.05, 0) is 37.1 Å². The van der Waals surface area contributed by atoms with Crippen molar-refractivity contribution in [3.8, 4) is 0 Å². The van der Waals surface area contributed by atoms with Gasteiger partial charge in [0.2, 0.25) is 0 Å². The topological polar surface area (TPSA) is 52.0 Å². The van der Waals surface area contributed by atoms with Gasteiger partial charge in [-0.2, -0.15) is 0 Å². The zero-order chi connectivity index (χ0) is 13.7. The Hall–Kier alpha value is -1.00. The average molecular weight is 292 g/mol. The van der Waals surface area contributed by atoms with Gasteiger partial charge in [0.25, 0.3) is 0 Å². The summed E-state index contributed by atoms with van der Waals surface area (Å²) < 4.78 is 0. The van der Waals surface area contributed by atoms with Crippen LogP contribution < -0.4 is 11.5 Å². The van der Waals surface area contributed by atoms with E-state index in [-0.39, 0.29) is 0 Å². The van der Waals surface area contributed by atoms with Crippen LogP contribution in [0.4, 0.5) is 0 Å². The quantitative estimate of drug-likeness (QED) is 0.779. The van der Waals surface area contributed by atoms with Crippen LogP contribution in [0.1, 0.15) is 13.3 Å². The smallest absolute Gasteiger partial charge is 0.0370 e. The lowest BCUT2D eigenvalue weighted by Crippen LogP contribution is -2.10. The second-order valence-corrected chi connectivity index (χ2v) is 7.27. The molecule has 0 radical (unpaired) electrons. The molecule has 2 aliphatic rings. The number of nitrogens with two attached hydrogens (primary N) is 2. The highest BCUT2D eigenvalue weighted by atomic mass is 33.1. The van der Waals surface area contributed by atoms with Gasteiger partial charge in [-0.15, -0.1) is 0 Å². The highest BCUT2D eigenvalue weighted by Gasteiger charge is 2.15. The van der Waals surface area contributed by atoms with Gasteiger partial charge in [0.05, 0.1) is 0 Å². The lowest BCUT2D eigenvalue weighted by molar-refractivity contribution is 0.889. The molecule has 102 valence electrons. The number of allylic oxidation sites excluding steroid dienone is 7. The van der Waals surface area contributed by atoms with Gasteiger partial charge in [-0.25, -0.2) is 0 Å². The third-order valence-electron chi connectivity index (χ3n) is 3.14. The zero-order valence-corrected chi connectivity index (χ0v) is 12.7. The first-order valence-corrected chi connectivity index (χ1v) is 8.81. The van der Waals surface area contributed by atoms with Gasteiger partial charge in [-0.3, -0.25) is 0 Å². The largest absolute Gasteiger partial charge is 0.399 e. The van der Waals surface area contributed by atoms with E-state index < -0.39 is 0 Å². The molecular weight excluding hydrogens is 272 g/mol. The van der Waals surface area contributed by atoms with Gasteiger partial charge < -0.3 is 11.5 Å². The Labute approximate surface area is 123 Å². The summed E-state index contributed by atoms with van der Waals surface area (Å²) in [5.74, 6) is 1.55. The zero-order valence-electron chi connectivity index (χ0n) is 11.1. The summed E-state index contributed by atoms with van der Waals surface area (Å²) >= 11 is 0. The lowest BCUT2D eigenvalue weighted by Gasteiger charge is -2.19. The monoisotopic (exact) mass is 292 g/mol. The fourth-order valence-electron chi connectivity index (χ4n) is 2.02. The van der Waals surface area contributed by atoms with E-state index in [4.69, 9.17) is 11.5 Å². The van der Waals surface area contributed by atoms with E-state index in [2.05, 4.69) is 37.3 Å². The molecule has 0 aromatic carbocycles. The van der Waals surface area contributed by atoms with Gasteiger partial charge >= 0.3 is 0 Å². The SMILES string of the molecule is C/C=C1\C=C(N)C=CC1CSSC1C=CC(N)=CC1. The van der Waals surface area contributed by atoms with Crippen LogP contribution in [0.25, 0.3) is 0 Å². The van der Waals surface area contributed by atoms with Gasteiger partial charge in [0, 0.05) is 28.3 Å². The minimum Gasteiger partial charge on any atom is -0.399 e. The van der Waals surface area contributed by atoms with E-state index in [0.29, 0.717) is 11.2 Å².